The van der Waals surface area contributed by atoms with Crippen LogP contribution in [0.5, 0.6) is 11.5 Å². The molecular formula is C20H17Br2FN4O5. The topological polar surface area (TPSA) is 148 Å². The third kappa shape index (κ3) is 5.51. The Hall–Kier alpha value is -3.25. The van der Waals surface area contributed by atoms with E-state index in [4.69, 9.17) is 16.2 Å². The van der Waals surface area contributed by atoms with Gasteiger partial charge in [0.05, 0.1) is 18.8 Å². The fraction of sp³-hybridized carbons (Fsp3) is 0.100. The number of nitro benzene ring substituents is 2. The van der Waals surface area contributed by atoms with Crippen LogP contribution in [0.1, 0.15) is 11.1 Å². The molecule has 9 nitrogen and oxygen atoms in total. The Morgan fingerprint density at radius 1 is 0.812 bits per heavy atom. The van der Waals surface area contributed by atoms with Crippen LogP contribution in [0.3, 0.4) is 0 Å². The Morgan fingerprint density at radius 2 is 1.28 bits per heavy atom. The first-order chi connectivity index (χ1) is 15.0. The van der Waals surface area contributed by atoms with Gasteiger partial charge in [0.15, 0.2) is 0 Å². The molecule has 0 saturated heterocycles. The summed E-state index contributed by atoms with van der Waals surface area (Å²) in [6, 6.07) is 11.4. The molecule has 168 valence electrons. The van der Waals surface area contributed by atoms with Crippen molar-refractivity contribution in [2.75, 3.05) is 11.5 Å². The molecule has 0 aromatic heterocycles. The van der Waals surface area contributed by atoms with Gasteiger partial charge in [-0.3, -0.25) is 20.2 Å². The van der Waals surface area contributed by atoms with Crippen LogP contribution in [0.15, 0.2) is 51.4 Å². The number of rotatable bonds is 4. The molecule has 0 heterocycles. The largest absolute Gasteiger partial charge is 0.448 e. The van der Waals surface area contributed by atoms with Crippen LogP contribution in [-0.4, -0.2) is 9.85 Å². The number of benzene rings is 3. The number of ether oxygens (including phenoxy) is 1. The summed E-state index contributed by atoms with van der Waals surface area (Å²) in [4.78, 5) is 20.0. The quantitative estimate of drug-likeness (QED) is 0.208. The molecule has 0 aliphatic carbocycles. The summed E-state index contributed by atoms with van der Waals surface area (Å²) in [5.74, 6) is -0.227. The van der Waals surface area contributed by atoms with E-state index in [1.807, 2.05) is 32.0 Å². The van der Waals surface area contributed by atoms with Crippen LogP contribution in [0, 0.1) is 39.9 Å². The lowest BCUT2D eigenvalue weighted by atomic mass is 10.1. The lowest BCUT2D eigenvalue weighted by Crippen LogP contribution is -2.00. The average Bonchev–Trinajstić information content (AvgIpc) is 2.70. The number of para-hydroxylation sites is 1. The van der Waals surface area contributed by atoms with Gasteiger partial charge in [-0.05, 0) is 81.1 Å². The summed E-state index contributed by atoms with van der Waals surface area (Å²) >= 11 is 6.08. The highest BCUT2D eigenvalue weighted by molar-refractivity contribution is 9.10. The lowest BCUT2D eigenvalue weighted by molar-refractivity contribution is -0.386. The minimum atomic E-state index is -0.944. The maximum Gasteiger partial charge on any atom is 0.335 e. The first kappa shape index (κ1) is 25.0. The maximum absolute atomic E-state index is 12.9. The smallest absolute Gasteiger partial charge is 0.335 e. The third-order valence-electron chi connectivity index (χ3n) is 4.19. The molecular weight excluding hydrogens is 555 g/mol. The molecule has 0 aliphatic heterocycles. The van der Waals surface area contributed by atoms with Gasteiger partial charge in [0, 0.05) is 0 Å². The van der Waals surface area contributed by atoms with Crippen molar-refractivity contribution in [2.45, 2.75) is 13.8 Å². The van der Waals surface area contributed by atoms with Gasteiger partial charge in [-0.25, -0.2) is 0 Å². The van der Waals surface area contributed by atoms with E-state index in [1.165, 1.54) is 18.2 Å². The van der Waals surface area contributed by atoms with E-state index in [-0.39, 0.29) is 27.3 Å². The second kappa shape index (κ2) is 10.4. The summed E-state index contributed by atoms with van der Waals surface area (Å²) < 4.78 is 19.2. The molecule has 0 atom stereocenters. The van der Waals surface area contributed by atoms with E-state index in [9.17, 15) is 24.6 Å². The Balaban J connectivity index is 0.000000258. The standard InChI is InChI=1S/C14H13BrN2O3.C6H4BrFN2O2/c1-8-4-3-5-9(2)13(8)20-14-10(15)6-7-11(16)12(14)17(18)19;7-3-1-2-4(9)6(5(3)8)10(11)12/h3-7H,16H2,1-2H3;1-2H,9H2. The number of aryl methyl sites for hydroxylation is 2. The lowest BCUT2D eigenvalue weighted by Gasteiger charge is -2.13. The molecule has 0 spiro atoms. The summed E-state index contributed by atoms with van der Waals surface area (Å²) in [7, 11) is 0. The molecule has 0 amide bonds. The van der Waals surface area contributed by atoms with E-state index >= 15 is 0 Å². The van der Waals surface area contributed by atoms with Crippen molar-refractivity contribution in [3.05, 3.63) is 88.6 Å². The third-order valence-corrected chi connectivity index (χ3v) is 5.43. The van der Waals surface area contributed by atoms with E-state index < -0.39 is 21.4 Å². The van der Waals surface area contributed by atoms with Crippen molar-refractivity contribution < 1.29 is 19.0 Å². The van der Waals surface area contributed by atoms with Gasteiger partial charge in [0.2, 0.25) is 11.6 Å². The second-order valence-electron chi connectivity index (χ2n) is 6.45. The minimum absolute atomic E-state index is 0.0309. The molecule has 0 radical (unpaired) electrons. The van der Waals surface area contributed by atoms with Crippen LogP contribution < -0.4 is 16.2 Å². The Labute approximate surface area is 198 Å². The monoisotopic (exact) mass is 570 g/mol. The van der Waals surface area contributed by atoms with Gasteiger partial charge < -0.3 is 16.2 Å². The molecule has 32 heavy (non-hydrogen) atoms. The molecule has 4 N–H and O–H groups in total. The van der Waals surface area contributed by atoms with Gasteiger partial charge in [0.25, 0.3) is 0 Å². The summed E-state index contributed by atoms with van der Waals surface area (Å²) in [6.07, 6.45) is 0. The zero-order valence-electron chi connectivity index (χ0n) is 16.8. The van der Waals surface area contributed by atoms with Gasteiger partial charge in [0.1, 0.15) is 17.1 Å². The first-order valence-corrected chi connectivity index (χ1v) is 10.4. The molecule has 0 saturated carbocycles. The number of hydrogen-bond donors (Lipinski definition) is 2. The van der Waals surface area contributed by atoms with E-state index in [1.54, 1.807) is 6.07 Å². The van der Waals surface area contributed by atoms with Crippen LogP contribution in [0.25, 0.3) is 0 Å². The predicted octanol–water partition coefficient (Wildman–Crippen LogP) is 6.43. The normalized spacial score (nSPS) is 10.2. The van der Waals surface area contributed by atoms with Crippen molar-refractivity contribution in [2.24, 2.45) is 0 Å². The molecule has 3 aromatic carbocycles. The zero-order chi connectivity index (χ0) is 24.2. The van der Waals surface area contributed by atoms with Gasteiger partial charge >= 0.3 is 11.4 Å². The minimum Gasteiger partial charge on any atom is -0.448 e. The number of nitrogens with two attached hydrogens (primary N) is 2. The second-order valence-corrected chi connectivity index (χ2v) is 8.16. The molecule has 0 aliphatic rings. The van der Waals surface area contributed by atoms with Gasteiger partial charge in [-0.2, -0.15) is 4.39 Å². The summed E-state index contributed by atoms with van der Waals surface area (Å²) in [6.45, 7) is 3.77. The fourth-order valence-electron chi connectivity index (χ4n) is 2.65. The number of nitro groups is 2. The van der Waals surface area contributed by atoms with Crippen LogP contribution in [0.4, 0.5) is 27.1 Å². The van der Waals surface area contributed by atoms with Gasteiger partial charge in [-0.1, -0.05) is 18.2 Å². The van der Waals surface area contributed by atoms with Crippen molar-refractivity contribution in [1.29, 1.82) is 0 Å². The fourth-order valence-corrected chi connectivity index (χ4v) is 3.37. The van der Waals surface area contributed by atoms with Crippen molar-refractivity contribution in [3.8, 4) is 11.5 Å². The molecule has 3 rings (SSSR count). The van der Waals surface area contributed by atoms with E-state index in [0.717, 1.165) is 11.1 Å². The van der Waals surface area contributed by atoms with Crippen molar-refractivity contribution in [1.82, 2.24) is 0 Å². The maximum atomic E-state index is 12.9. The SMILES string of the molecule is Cc1cccc(C)c1Oc1c(Br)ccc(N)c1[N+](=O)[O-].Nc1ccc(Br)c(F)c1[N+](=O)[O-]. The van der Waals surface area contributed by atoms with Crippen LogP contribution >= 0.6 is 31.9 Å². The highest BCUT2D eigenvalue weighted by Crippen LogP contribution is 2.43. The van der Waals surface area contributed by atoms with Crippen molar-refractivity contribution in [3.63, 3.8) is 0 Å². The predicted molar refractivity (Wildman–Crippen MR) is 126 cm³/mol. The Kier molecular flexibility index (Phi) is 8.11. The number of anilines is 2. The molecule has 0 unspecified atom stereocenters. The number of nitrogens with zero attached hydrogens (tertiary/aromatic N) is 2. The van der Waals surface area contributed by atoms with Crippen LogP contribution in [-0.2, 0) is 0 Å². The summed E-state index contributed by atoms with van der Waals surface area (Å²) in [5, 5.41) is 21.4. The zero-order valence-corrected chi connectivity index (χ0v) is 19.9. The number of halogens is 3. The van der Waals surface area contributed by atoms with Gasteiger partial charge in [-0.15, -0.1) is 0 Å². The highest BCUT2D eigenvalue weighted by atomic mass is 79.9. The van der Waals surface area contributed by atoms with E-state index in [0.29, 0.717) is 10.2 Å². The highest BCUT2D eigenvalue weighted by Gasteiger charge is 2.24. The summed E-state index contributed by atoms with van der Waals surface area (Å²) in [5.41, 5.74) is 11.6. The Morgan fingerprint density at radius 3 is 1.75 bits per heavy atom. The molecule has 0 bridgehead atoms. The number of nitrogen functional groups attached to an aromatic ring is 2. The molecule has 0 fully saturated rings. The Bertz CT molecular complexity index is 1190. The van der Waals surface area contributed by atoms with Crippen molar-refractivity contribution >= 4 is 54.6 Å². The number of hydrogen-bond acceptors (Lipinski definition) is 7. The van der Waals surface area contributed by atoms with Crippen LogP contribution in [0.2, 0.25) is 0 Å². The molecule has 12 heteroatoms. The average molecular weight is 572 g/mol. The van der Waals surface area contributed by atoms with E-state index in [2.05, 4.69) is 31.9 Å². The molecule has 3 aromatic rings. The first-order valence-electron chi connectivity index (χ1n) is 8.80.